The van der Waals surface area contributed by atoms with Crippen LogP contribution in [0.25, 0.3) is 0 Å². The molecule has 1 atom stereocenters. The number of Topliss-reactive ketones (excluding diaryl/α,β-unsaturated/α-hetero) is 1. The Kier molecular flexibility index (Phi) is 7.43. The molecular formula is C29H29NO4. The number of benzene rings is 3. The van der Waals surface area contributed by atoms with Crippen LogP contribution < -0.4 is 10.1 Å². The van der Waals surface area contributed by atoms with Crippen LogP contribution in [-0.4, -0.2) is 24.9 Å². The van der Waals surface area contributed by atoms with Crippen LogP contribution in [-0.2, 0) is 29.0 Å². The minimum absolute atomic E-state index is 0.0235. The molecular weight excluding hydrogens is 426 g/mol. The summed E-state index contributed by atoms with van der Waals surface area (Å²) in [7, 11) is 1.38. The molecule has 0 amide bonds. The Morgan fingerprint density at radius 2 is 1.62 bits per heavy atom. The van der Waals surface area contributed by atoms with E-state index in [1.807, 2.05) is 85.8 Å². The number of hydrogen-bond donors (Lipinski definition) is 1. The number of hydrogen-bond acceptors (Lipinski definition) is 5. The maximum Gasteiger partial charge on any atom is 0.328 e. The van der Waals surface area contributed by atoms with Crippen molar-refractivity contribution in [2.75, 3.05) is 7.11 Å². The Morgan fingerprint density at radius 3 is 2.35 bits per heavy atom. The van der Waals surface area contributed by atoms with Crippen molar-refractivity contribution in [3.05, 3.63) is 112 Å². The van der Waals surface area contributed by atoms with Crippen LogP contribution >= 0.6 is 0 Å². The molecule has 5 nitrogen and oxygen atoms in total. The van der Waals surface area contributed by atoms with E-state index < -0.39 is 6.04 Å². The molecule has 0 aromatic heterocycles. The van der Waals surface area contributed by atoms with E-state index in [1.54, 1.807) is 0 Å². The zero-order valence-electron chi connectivity index (χ0n) is 19.5. The molecule has 0 fully saturated rings. The van der Waals surface area contributed by atoms with Gasteiger partial charge in [-0.2, -0.15) is 0 Å². The van der Waals surface area contributed by atoms with Gasteiger partial charge in [-0.25, -0.2) is 4.79 Å². The topological polar surface area (TPSA) is 64.6 Å². The molecule has 1 N–H and O–H groups in total. The Hall–Kier alpha value is -3.86. The summed E-state index contributed by atoms with van der Waals surface area (Å²) >= 11 is 0. The van der Waals surface area contributed by atoms with Gasteiger partial charge in [0.05, 0.1) is 7.11 Å². The Bertz CT molecular complexity index is 1180. The summed E-state index contributed by atoms with van der Waals surface area (Å²) in [5, 5.41) is 3.26. The molecule has 1 aliphatic carbocycles. The zero-order valence-corrected chi connectivity index (χ0v) is 19.5. The van der Waals surface area contributed by atoms with E-state index in [4.69, 9.17) is 9.47 Å². The van der Waals surface area contributed by atoms with Crippen LogP contribution in [0, 0.1) is 0 Å². The van der Waals surface area contributed by atoms with Crippen molar-refractivity contribution in [3.8, 4) is 5.75 Å². The summed E-state index contributed by atoms with van der Waals surface area (Å²) in [4.78, 5) is 25.5. The molecule has 174 valence electrons. The number of fused-ring (bicyclic) bond motifs is 1. The van der Waals surface area contributed by atoms with Crippen LogP contribution in [0.5, 0.6) is 5.75 Å². The van der Waals surface area contributed by atoms with Crippen molar-refractivity contribution < 1.29 is 19.1 Å². The average molecular weight is 456 g/mol. The quantitative estimate of drug-likeness (QED) is 0.381. The third-order valence-electron chi connectivity index (χ3n) is 6.12. The summed E-state index contributed by atoms with van der Waals surface area (Å²) < 4.78 is 10.9. The highest BCUT2D eigenvalue weighted by Crippen LogP contribution is 2.27. The predicted molar refractivity (Wildman–Crippen MR) is 132 cm³/mol. The number of ketones is 1. The van der Waals surface area contributed by atoms with E-state index in [0.29, 0.717) is 19.4 Å². The average Bonchev–Trinajstić information content (AvgIpc) is 2.88. The number of methoxy groups -OCH3 is 1. The second-order valence-electron chi connectivity index (χ2n) is 8.43. The third kappa shape index (κ3) is 5.54. The molecule has 0 spiro atoms. The number of rotatable bonds is 8. The number of carbonyl (C=O) groups is 2. The zero-order chi connectivity index (χ0) is 23.9. The molecule has 0 aliphatic heterocycles. The number of nitrogens with one attached hydrogen (secondary N) is 1. The molecule has 3 aromatic carbocycles. The molecule has 0 heterocycles. The summed E-state index contributed by atoms with van der Waals surface area (Å²) in [6.07, 6.45) is 1.89. The van der Waals surface area contributed by atoms with Crippen LogP contribution in [0.3, 0.4) is 0 Å². The van der Waals surface area contributed by atoms with Gasteiger partial charge in [0, 0.05) is 23.3 Å². The molecule has 0 saturated heterocycles. The second-order valence-corrected chi connectivity index (χ2v) is 8.43. The summed E-state index contributed by atoms with van der Waals surface area (Å²) in [6, 6.07) is 24.8. The highest BCUT2D eigenvalue weighted by Gasteiger charge is 2.26. The van der Waals surface area contributed by atoms with Crippen LogP contribution in [0.15, 0.2) is 90.1 Å². The number of allylic oxidation sites excluding steroid dienone is 2. The Balaban J connectivity index is 1.44. The van der Waals surface area contributed by atoms with Gasteiger partial charge in [0.1, 0.15) is 18.4 Å². The van der Waals surface area contributed by atoms with E-state index in [1.165, 1.54) is 7.11 Å². The van der Waals surface area contributed by atoms with Crippen molar-refractivity contribution in [2.45, 2.75) is 38.8 Å². The standard InChI is InChI=1S/C29H29NO4/c1-20(25-17-14-23-10-6-7-11-26(23)28(25)31)30-27(29(32)33-2)18-21-12-15-24(16-13-21)34-19-22-8-4-3-5-9-22/h3-13,15-16,27,30H,14,17-19H2,1-2H3/b25-20+/t27-/m0/s1. The summed E-state index contributed by atoms with van der Waals surface area (Å²) in [5.74, 6) is 0.420. The van der Waals surface area contributed by atoms with E-state index in [9.17, 15) is 9.59 Å². The fraction of sp³-hybridized carbons (Fsp3) is 0.241. The van der Waals surface area contributed by atoms with Crippen molar-refractivity contribution in [1.82, 2.24) is 5.32 Å². The molecule has 5 heteroatoms. The van der Waals surface area contributed by atoms with Crippen LogP contribution in [0.1, 0.15) is 40.4 Å². The van der Waals surface area contributed by atoms with E-state index in [2.05, 4.69) is 5.32 Å². The van der Waals surface area contributed by atoms with Gasteiger partial charge in [0.2, 0.25) is 0 Å². The molecule has 4 rings (SSSR count). The van der Waals surface area contributed by atoms with Crippen LogP contribution in [0.2, 0.25) is 0 Å². The lowest BCUT2D eigenvalue weighted by atomic mass is 9.86. The van der Waals surface area contributed by atoms with E-state index >= 15 is 0 Å². The van der Waals surface area contributed by atoms with E-state index in [-0.39, 0.29) is 11.8 Å². The van der Waals surface area contributed by atoms with E-state index in [0.717, 1.165) is 45.7 Å². The number of ether oxygens (including phenoxy) is 2. The molecule has 0 saturated carbocycles. The predicted octanol–water partition coefficient (Wildman–Crippen LogP) is 5.04. The fourth-order valence-corrected chi connectivity index (χ4v) is 4.24. The second kappa shape index (κ2) is 10.8. The van der Waals surface area contributed by atoms with Crippen molar-refractivity contribution in [2.24, 2.45) is 0 Å². The maximum absolute atomic E-state index is 13.0. The van der Waals surface area contributed by atoms with Crippen molar-refractivity contribution >= 4 is 11.8 Å². The molecule has 0 bridgehead atoms. The molecule has 0 unspecified atom stereocenters. The summed E-state index contributed by atoms with van der Waals surface area (Å²) in [6.45, 7) is 2.36. The normalized spacial score (nSPS) is 15.2. The van der Waals surface area contributed by atoms with Gasteiger partial charge >= 0.3 is 5.97 Å². The van der Waals surface area contributed by atoms with Gasteiger partial charge in [-0.05, 0) is 48.6 Å². The smallest absolute Gasteiger partial charge is 0.328 e. The summed E-state index contributed by atoms with van der Waals surface area (Å²) in [5.41, 5.74) is 5.32. The van der Waals surface area contributed by atoms with Crippen molar-refractivity contribution in [3.63, 3.8) is 0 Å². The third-order valence-corrected chi connectivity index (χ3v) is 6.12. The maximum atomic E-state index is 13.0. The first-order chi connectivity index (χ1) is 16.5. The van der Waals surface area contributed by atoms with Gasteiger partial charge in [-0.1, -0.05) is 66.7 Å². The molecule has 3 aromatic rings. The lowest BCUT2D eigenvalue weighted by Crippen LogP contribution is -2.39. The van der Waals surface area contributed by atoms with Gasteiger partial charge in [-0.3, -0.25) is 4.79 Å². The number of esters is 1. The number of carbonyl (C=O) groups excluding carboxylic acids is 2. The Labute approximate surface area is 200 Å². The minimum Gasteiger partial charge on any atom is -0.489 e. The molecule has 1 aliphatic rings. The Morgan fingerprint density at radius 1 is 0.912 bits per heavy atom. The highest BCUT2D eigenvalue weighted by atomic mass is 16.5. The monoisotopic (exact) mass is 455 g/mol. The SMILES string of the molecule is COC(=O)[C@H](Cc1ccc(OCc2ccccc2)cc1)N/C(C)=C1\CCc2ccccc2C1=O. The molecule has 0 radical (unpaired) electrons. The van der Waals surface area contributed by atoms with Gasteiger partial charge < -0.3 is 14.8 Å². The fourth-order valence-electron chi connectivity index (χ4n) is 4.24. The van der Waals surface area contributed by atoms with Crippen molar-refractivity contribution in [1.29, 1.82) is 0 Å². The van der Waals surface area contributed by atoms with Gasteiger partial charge in [0.25, 0.3) is 0 Å². The largest absolute Gasteiger partial charge is 0.489 e. The minimum atomic E-state index is -0.599. The lowest BCUT2D eigenvalue weighted by molar-refractivity contribution is -0.142. The lowest BCUT2D eigenvalue weighted by Gasteiger charge is -2.23. The first kappa shape index (κ1) is 23.3. The highest BCUT2D eigenvalue weighted by molar-refractivity contribution is 6.11. The van der Waals surface area contributed by atoms with Gasteiger partial charge in [0.15, 0.2) is 5.78 Å². The van der Waals surface area contributed by atoms with Crippen LogP contribution in [0.4, 0.5) is 0 Å². The number of aryl methyl sites for hydroxylation is 1. The molecule has 34 heavy (non-hydrogen) atoms. The van der Waals surface area contributed by atoms with Gasteiger partial charge in [-0.15, -0.1) is 0 Å². The first-order valence-electron chi connectivity index (χ1n) is 11.5. The first-order valence-corrected chi connectivity index (χ1v) is 11.5.